The third-order valence-electron chi connectivity index (χ3n) is 3.76. The van der Waals surface area contributed by atoms with Crippen LogP contribution in [0.3, 0.4) is 0 Å². The van der Waals surface area contributed by atoms with Crippen molar-refractivity contribution in [2.45, 2.75) is 37.6 Å². The normalized spacial score (nSPS) is 21.5. The topological polar surface area (TPSA) is 71.2 Å². The number of carbonyl (C=O) groups is 1. The average Bonchev–Trinajstić information content (AvgIpc) is 3.14. The zero-order chi connectivity index (χ0) is 13.2. The first kappa shape index (κ1) is 13.0. The Morgan fingerprint density at radius 1 is 1.42 bits per heavy atom. The first-order valence-electron chi connectivity index (χ1n) is 6.94. The molecule has 5 nitrogen and oxygen atoms in total. The molecule has 1 aliphatic carbocycles. The van der Waals surface area contributed by atoms with Crippen LogP contribution in [0.2, 0.25) is 0 Å². The molecule has 2 fully saturated rings. The first-order chi connectivity index (χ1) is 9.20. The summed E-state index contributed by atoms with van der Waals surface area (Å²) in [6, 6.07) is 0.305. The maximum atomic E-state index is 11.9. The summed E-state index contributed by atoms with van der Waals surface area (Å²) in [5, 5.41) is 5.70. The predicted molar refractivity (Wildman–Crippen MR) is 76.4 cm³/mol. The second-order valence-corrected chi connectivity index (χ2v) is 6.37. The summed E-state index contributed by atoms with van der Waals surface area (Å²) in [5.41, 5.74) is 7.00. The Kier molecular flexibility index (Phi) is 3.81. The smallest absolute Gasteiger partial charge is 0.240 e. The standard InChI is InChI=1S/C13H20N4OS/c14-10-3-5-17(6-4-10)7-12(18)16-13-15-11(8-19-13)9-1-2-9/h8-10H,1-7,14H2,(H,15,16,18). The molecule has 1 aromatic rings. The van der Waals surface area contributed by atoms with Crippen molar-refractivity contribution < 1.29 is 4.79 Å². The van der Waals surface area contributed by atoms with Gasteiger partial charge >= 0.3 is 0 Å². The fourth-order valence-corrected chi connectivity index (χ4v) is 3.19. The molecule has 2 aliphatic rings. The van der Waals surface area contributed by atoms with Crippen LogP contribution in [0.25, 0.3) is 0 Å². The van der Waals surface area contributed by atoms with Gasteiger partial charge in [-0.15, -0.1) is 11.3 Å². The van der Waals surface area contributed by atoms with Gasteiger partial charge in [-0.05, 0) is 25.7 Å². The lowest BCUT2D eigenvalue weighted by Gasteiger charge is -2.29. The molecule has 1 amide bonds. The van der Waals surface area contributed by atoms with E-state index in [0.717, 1.165) is 36.8 Å². The van der Waals surface area contributed by atoms with Crippen LogP contribution in [-0.4, -0.2) is 41.5 Å². The number of hydrogen-bond donors (Lipinski definition) is 2. The van der Waals surface area contributed by atoms with Crippen LogP contribution in [0.4, 0.5) is 5.13 Å². The lowest BCUT2D eigenvalue weighted by atomic mass is 10.1. The summed E-state index contributed by atoms with van der Waals surface area (Å²) in [7, 11) is 0. The van der Waals surface area contributed by atoms with Crippen LogP contribution in [0.15, 0.2) is 5.38 Å². The van der Waals surface area contributed by atoms with E-state index in [-0.39, 0.29) is 5.91 Å². The third-order valence-corrected chi connectivity index (χ3v) is 4.54. The monoisotopic (exact) mass is 280 g/mol. The predicted octanol–water partition coefficient (Wildman–Crippen LogP) is 1.38. The maximum Gasteiger partial charge on any atom is 0.240 e. The van der Waals surface area contributed by atoms with Crippen LogP contribution in [-0.2, 0) is 4.79 Å². The highest BCUT2D eigenvalue weighted by Gasteiger charge is 2.26. The van der Waals surface area contributed by atoms with Gasteiger partial charge in [-0.25, -0.2) is 4.98 Å². The second kappa shape index (κ2) is 5.56. The molecule has 19 heavy (non-hydrogen) atoms. The van der Waals surface area contributed by atoms with Crippen LogP contribution >= 0.6 is 11.3 Å². The maximum absolute atomic E-state index is 11.9. The molecule has 3 N–H and O–H groups in total. The number of nitrogens with zero attached hydrogens (tertiary/aromatic N) is 2. The van der Waals surface area contributed by atoms with Gasteiger partial charge in [0.25, 0.3) is 0 Å². The molecule has 6 heteroatoms. The van der Waals surface area contributed by atoms with Crippen LogP contribution < -0.4 is 11.1 Å². The molecule has 0 bridgehead atoms. The number of nitrogens with one attached hydrogen (secondary N) is 1. The molecular formula is C13H20N4OS. The molecule has 2 heterocycles. The van der Waals surface area contributed by atoms with Crippen molar-refractivity contribution in [2.75, 3.05) is 25.0 Å². The Bertz CT molecular complexity index is 449. The van der Waals surface area contributed by atoms with Gasteiger partial charge in [0.1, 0.15) is 0 Å². The SMILES string of the molecule is NC1CCN(CC(=O)Nc2nc(C3CC3)cs2)CC1. The molecule has 0 radical (unpaired) electrons. The number of likely N-dealkylation sites (tertiary alicyclic amines) is 1. The lowest BCUT2D eigenvalue weighted by Crippen LogP contribution is -2.43. The molecule has 0 spiro atoms. The lowest BCUT2D eigenvalue weighted by molar-refractivity contribution is -0.117. The Balaban J connectivity index is 1.47. The molecule has 0 atom stereocenters. The van der Waals surface area contributed by atoms with Gasteiger partial charge in [-0.2, -0.15) is 0 Å². The zero-order valence-corrected chi connectivity index (χ0v) is 11.8. The van der Waals surface area contributed by atoms with Crippen LogP contribution in [0.1, 0.15) is 37.3 Å². The Morgan fingerprint density at radius 2 is 2.16 bits per heavy atom. The quantitative estimate of drug-likeness (QED) is 0.874. The largest absolute Gasteiger partial charge is 0.328 e. The first-order valence-corrected chi connectivity index (χ1v) is 7.82. The van der Waals surface area contributed by atoms with Gasteiger partial charge in [-0.1, -0.05) is 0 Å². The van der Waals surface area contributed by atoms with Gasteiger partial charge in [0.2, 0.25) is 5.91 Å². The number of piperidine rings is 1. The number of hydrogen-bond acceptors (Lipinski definition) is 5. The number of anilines is 1. The van der Waals surface area contributed by atoms with Crippen molar-refractivity contribution in [3.05, 3.63) is 11.1 Å². The van der Waals surface area contributed by atoms with E-state index in [4.69, 9.17) is 5.73 Å². The van der Waals surface area contributed by atoms with E-state index in [1.54, 1.807) is 0 Å². The van der Waals surface area contributed by atoms with Crippen molar-refractivity contribution >= 4 is 22.4 Å². The fraction of sp³-hybridized carbons (Fsp3) is 0.692. The molecule has 3 rings (SSSR count). The number of amides is 1. The van der Waals surface area contributed by atoms with E-state index in [9.17, 15) is 4.79 Å². The molecular weight excluding hydrogens is 260 g/mol. The van der Waals surface area contributed by atoms with E-state index in [1.807, 2.05) is 0 Å². The van der Waals surface area contributed by atoms with Gasteiger partial charge in [0.05, 0.1) is 12.2 Å². The van der Waals surface area contributed by atoms with Crippen molar-refractivity contribution in [3.63, 3.8) is 0 Å². The van der Waals surface area contributed by atoms with Crippen molar-refractivity contribution in [3.8, 4) is 0 Å². The highest BCUT2D eigenvalue weighted by Crippen LogP contribution is 2.40. The summed E-state index contributed by atoms with van der Waals surface area (Å²) in [4.78, 5) is 18.6. The Labute approximate surface area is 117 Å². The summed E-state index contributed by atoms with van der Waals surface area (Å²) in [5.74, 6) is 0.678. The van der Waals surface area contributed by atoms with Crippen molar-refractivity contribution in [1.29, 1.82) is 0 Å². The van der Waals surface area contributed by atoms with E-state index < -0.39 is 0 Å². The van der Waals surface area contributed by atoms with Crippen molar-refractivity contribution in [1.82, 2.24) is 9.88 Å². The minimum absolute atomic E-state index is 0.0344. The van der Waals surface area contributed by atoms with E-state index in [1.165, 1.54) is 24.2 Å². The van der Waals surface area contributed by atoms with Gasteiger partial charge in [-0.3, -0.25) is 9.69 Å². The summed E-state index contributed by atoms with van der Waals surface area (Å²) >= 11 is 1.53. The molecule has 104 valence electrons. The summed E-state index contributed by atoms with van der Waals surface area (Å²) in [6.07, 6.45) is 4.45. The van der Waals surface area contributed by atoms with E-state index in [0.29, 0.717) is 18.5 Å². The minimum Gasteiger partial charge on any atom is -0.328 e. The molecule has 1 aliphatic heterocycles. The number of thiazole rings is 1. The van der Waals surface area contributed by atoms with Gasteiger partial charge in [0, 0.05) is 30.4 Å². The second-order valence-electron chi connectivity index (χ2n) is 5.51. The third kappa shape index (κ3) is 3.52. The average molecular weight is 280 g/mol. The number of aromatic nitrogens is 1. The number of nitrogens with two attached hydrogens (primary N) is 1. The van der Waals surface area contributed by atoms with Crippen LogP contribution in [0, 0.1) is 0 Å². The molecule has 0 unspecified atom stereocenters. The summed E-state index contributed by atoms with van der Waals surface area (Å²) in [6.45, 7) is 2.28. The van der Waals surface area contributed by atoms with Crippen LogP contribution in [0.5, 0.6) is 0 Å². The number of rotatable bonds is 4. The molecule has 1 aromatic heterocycles. The highest BCUT2D eigenvalue weighted by atomic mass is 32.1. The van der Waals surface area contributed by atoms with E-state index >= 15 is 0 Å². The fourth-order valence-electron chi connectivity index (χ4n) is 2.38. The number of carbonyl (C=O) groups excluding carboxylic acids is 1. The highest BCUT2D eigenvalue weighted by molar-refractivity contribution is 7.13. The molecule has 1 saturated carbocycles. The van der Waals surface area contributed by atoms with E-state index in [2.05, 4.69) is 20.6 Å². The minimum atomic E-state index is 0.0344. The summed E-state index contributed by atoms with van der Waals surface area (Å²) < 4.78 is 0. The van der Waals surface area contributed by atoms with Gasteiger partial charge in [0.15, 0.2) is 5.13 Å². The zero-order valence-electron chi connectivity index (χ0n) is 11.0. The Morgan fingerprint density at radius 3 is 2.84 bits per heavy atom. The Hall–Kier alpha value is -0.980. The van der Waals surface area contributed by atoms with Crippen molar-refractivity contribution in [2.24, 2.45) is 5.73 Å². The molecule has 1 saturated heterocycles. The molecule has 0 aromatic carbocycles. The van der Waals surface area contributed by atoms with Gasteiger partial charge < -0.3 is 11.1 Å².